The molecule has 4 nitrogen and oxygen atoms in total. The summed E-state index contributed by atoms with van der Waals surface area (Å²) in [7, 11) is 1.50. The van der Waals surface area contributed by atoms with E-state index in [1.54, 1.807) is 0 Å². The summed E-state index contributed by atoms with van der Waals surface area (Å²) in [4.78, 5) is 12.4. The van der Waals surface area contributed by atoms with Crippen molar-refractivity contribution >= 4 is 16.9 Å². The van der Waals surface area contributed by atoms with Gasteiger partial charge in [0, 0.05) is 23.1 Å². The van der Waals surface area contributed by atoms with Crippen LogP contribution in [0.15, 0.2) is 46.9 Å². The number of halogens is 1. The van der Waals surface area contributed by atoms with E-state index >= 15 is 0 Å². The minimum atomic E-state index is -0.380. The SMILES string of the molecule is COc1ccc(F)cc1CNC(=O)c1oc2ccccc2c1C. The van der Waals surface area contributed by atoms with Crippen molar-refractivity contribution in [3.63, 3.8) is 0 Å². The molecule has 3 rings (SSSR count). The fourth-order valence-corrected chi connectivity index (χ4v) is 2.53. The van der Waals surface area contributed by atoms with Crippen molar-refractivity contribution in [3.05, 3.63) is 65.2 Å². The van der Waals surface area contributed by atoms with Gasteiger partial charge in [-0.25, -0.2) is 4.39 Å². The number of furan rings is 1. The van der Waals surface area contributed by atoms with Crippen LogP contribution in [0.25, 0.3) is 11.0 Å². The molecule has 0 saturated carbocycles. The van der Waals surface area contributed by atoms with Crippen LogP contribution < -0.4 is 10.1 Å². The molecule has 23 heavy (non-hydrogen) atoms. The van der Waals surface area contributed by atoms with Crippen LogP contribution in [0, 0.1) is 12.7 Å². The minimum Gasteiger partial charge on any atom is -0.496 e. The number of hydrogen-bond donors (Lipinski definition) is 1. The first-order valence-electron chi connectivity index (χ1n) is 7.19. The number of ether oxygens (including phenoxy) is 1. The summed E-state index contributed by atoms with van der Waals surface area (Å²) in [6.45, 7) is 1.99. The van der Waals surface area contributed by atoms with Crippen molar-refractivity contribution in [2.24, 2.45) is 0 Å². The number of carbonyl (C=O) groups is 1. The van der Waals surface area contributed by atoms with E-state index in [2.05, 4.69) is 5.32 Å². The maximum atomic E-state index is 13.3. The maximum absolute atomic E-state index is 13.3. The molecule has 0 spiro atoms. The van der Waals surface area contributed by atoms with Gasteiger partial charge in [0.25, 0.3) is 5.91 Å². The van der Waals surface area contributed by atoms with Crippen molar-refractivity contribution in [3.8, 4) is 5.75 Å². The zero-order valence-corrected chi connectivity index (χ0v) is 12.9. The largest absolute Gasteiger partial charge is 0.496 e. The van der Waals surface area contributed by atoms with E-state index in [1.807, 2.05) is 31.2 Å². The lowest BCUT2D eigenvalue weighted by Gasteiger charge is -2.09. The summed E-state index contributed by atoms with van der Waals surface area (Å²) in [5.74, 6) is 0.0644. The van der Waals surface area contributed by atoms with Crippen LogP contribution in [0.5, 0.6) is 5.75 Å². The molecule has 0 radical (unpaired) electrons. The Balaban J connectivity index is 1.82. The maximum Gasteiger partial charge on any atom is 0.287 e. The monoisotopic (exact) mass is 313 g/mol. The molecule has 2 aromatic carbocycles. The number of amides is 1. The number of nitrogens with one attached hydrogen (secondary N) is 1. The second-order valence-electron chi connectivity index (χ2n) is 5.19. The predicted molar refractivity (Wildman–Crippen MR) is 85.1 cm³/mol. The van der Waals surface area contributed by atoms with Crippen molar-refractivity contribution in [1.82, 2.24) is 5.32 Å². The lowest BCUT2D eigenvalue weighted by Crippen LogP contribution is -2.23. The van der Waals surface area contributed by atoms with Crippen LogP contribution in [0.1, 0.15) is 21.7 Å². The molecule has 0 aliphatic carbocycles. The number of rotatable bonds is 4. The summed E-state index contributed by atoms with van der Waals surface area (Å²) in [6.07, 6.45) is 0. The Morgan fingerprint density at radius 2 is 2.04 bits per heavy atom. The molecule has 1 amide bonds. The van der Waals surface area contributed by atoms with Crippen LogP contribution in [0.2, 0.25) is 0 Å². The third kappa shape index (κ3) is 2.90. The smallest absolute Gasteiger partial charge is 0.287 e. The first-order valence-corrected chi connectivity index (χ1v) is 7.19. The van der Waals surface area contributed by atoms with Gasteiger partial charge in [0.1, 0.15) is 17.1 Å². The second-order valence-corrected chi connectivity index (χ2v) is 5.19. The second kappa shape index (κ2) is 6.12. The molecular weight excluding hydrogens is 297 g/mol. The predicted octanol–water partition coefficient (Wildman–Crippen LogP) is 3.82. The van der Waals surface area contributed by atoms with E-state index in [9.17, 15) is 9.18 Å². The molecule has 5 heteroatoms. The van der Waals surface area contributed by atoms with Crippen LogP contribution in [-0.4, -0.2) is 13.0 Å². The van der Waals surface area contributed by atoms with Crippen molar-refractivity contribution in [1.29, 1.82) is 0 Å². The lowest BCUT2D eigenvalue weighted by molar-refractivity contribution is 0.0924. The quantitative estimate of drug-likeness (QED) is 0.796. The Labute approximate surface area is 132 Å². The summed E-state index contributed by atoms with van der Waals surface area (Å²) < 4.78 is 24.1. The number of carbonyl (C=O) groups excluding carboxylic acids is 1. The van der Waals surface area contributed by atoms with Crippen molar-refractivity contribution in [2.75, 3.05) is 7.11 Å². The standard InChI is InChI=1S/C18H16FNO3/c1-11-14-5-3-4-6-16(14)23-17(11)18(21)20-10-12-9-13(19)7-8-15(12)22-2/h3-9H,10H2,1-2H3,(H,20,21). The first kappa shape index (κ1) is 15.1. The molecule has 0 atom stereocenters. The fraction of sp³-hybridized carbons (Fsp3) is 0.167. The van der Waals surface area contributed by atoms with E-state index in [0.717, 1.165) is 10.9 Å². The molecule has 0 bridgehead atoms. The summed E-state index contributed by atoms with van der Waals surface area (Å²) >= 11 is 0. The Bertz CT molecular complexity index is 870. The van der Waals surface area contributed by atoms with Gasteiger partial charge in [0.15, 0.2) is 5.76 Å². The normalized spacial score (nSPS) is 10.7. The van der Waals surface area contributed by atoms with Gasteiger partial charge in [-0.15, -0.1) is 0 Å². The average molecular weight is 313 g/mol. The molecule has 1 N–H and O–H groups in total. The van der Waals surface area contributed by atoms with Crippen molar-refractivity contribution in [2.45, 2.75) is 13.5 Å². The van der Waals surface area contributed by atoms with Gasteiger partial charge >= 0.3 is 0 Å². The third-order valence-corrected chi connectivity index (χ3v) is 3.73. The Hall–Kier alpha value is -2.82. The molecule has 3 aromatic rings. The van der Waals surface area contributed by atoms with Crippen molar-refractivity contribution < 1.29 is 18.3 Å². The molecule has 1 heterocycles. The molecule has 0 fully saturated rings. The highest BCUT2D eigenvalue weighted by atomic mass is 19.1. The highest BCUT2D eigenvalue weighted by molar-refractivity contribution is 5.98. The molecule has 0 aliphatic heterocycles. The minimum absolute atomic E-state index is 0.149. The van der Waals surface area contributed by atoms with E-state index in [4.69, 9.17) is 9.15 Å². The molecule has 1 aromatic heterocycles. The molecule has 0 unspecified atom stereocenters. The zero-order valence-electron chi connectivity index (χ0n) is 12.9. The Morgan fingerprint density at radius 1 is 1.26 bits per heavy atom. The Morgan fingerprint density at radius 3 is 2.78 bits per heavy atom. The van der Waals surface area contributed by atoms with Crippen LogP contribution in [0.4, 0.5) is 4.39 Å². The van der Waals surface area contributed by atoms with Gasteiger partial charge in [-0.3, -0.25) is 4.79 Å². The van der Waals surface area contributed by atoms with E-state index in [-0.39, 0.29) is 24.0 Å². The molecule has 0 saturated heterocycles. The number of hydrogen-bond acceptors (Lipinski definition) is 3. The fourth-order valence-electron chi connectivity index (χ4n) is 2.53. The first-order chi connectivity index (χ1) is 11.1. The zero-order chi connectivity index (χ0) is 16.4. The number of benzene rings is 2. The topological polar surface area (TPSA) is 51.5 Å². The van der Waals surface area contributed by atoms with Crippen LogP contribution >= 0.6 is 0 Å². The van der Waals surface area contributed by atoms with Gasteiger partial charge < -0.3 is 14.5 Å². The van der Waals surface area contributed by atoms with Gasteiger partial charge in [0.2, 0.25) is 0 Å². The van der Waals surface area contributed by atoms with Gasteiger partial charge in [-0.05, 0) is 31.2 Å². The van der Waals surface area contributed by atoms with Gasteiger partial charge in [-0.1, -0.05) is 18.2 Å². The third-order valence-electron chi connectivity index (χ3n) is 3.73. The number of fused-ring (bicyclic) bond motifs is 1. The number of aryl methyl sites for hydroxylation is 1. The lowest BCUT2D eigenvalue weighted by atomic mass is 10.1. The summed E-state index contributed by atoms with van der Waals surface area (Å²) in [5, 5.41) is 3.64. The van der Waals surface area contributed by atoms with Crippen LogP contribution in [-0.2, 0) is 6.54 Å². The summed E-state index contributed by atoms with van der Waals surface area (Å²) in [5.41, 5.74) is 2.01. The van der Waals surface area contributed by atoms with Gasteiger partial charge in [-0.2, -0.15) is 0 Å². The van der Waals surface area contributed by atoms with Crippen LogP contribution in [0.3, 0.4) is 0 Å². The number of methoxy groups -OCH3 is 1. The van der Waals surface area contributed by atoms with E-state index in [1.165, 1.54) is 25.3 Å². The molecular formula is C18H16FNO3. The average Bonchev–Trinajstić information content (AvgIpc) is 2.90. The highest BCUT2D eigenvalue weighted by Gasteiger charge is 2.17. The molecule has 0 aliphatic rings. The Kier molecular flexibility index (Phi) is 4.02. The molecule has 118 valence electrons. The number of para-hydroxylation sites is 1. The van der Waals surface area contributed by atoms with E-state index in [0.29, 0.717) is 16.9 Å². The van der Waals surface area contributed by atoms with E-state index < -0.39 is 0 Å². The van der Waals surface area contributed by atoms with Gasteiger partial charge in [0.05, 0.1) is 7.11 Å². The summed E-state index contributed by atoms with van der Waals surface area (Å²) in [6, 6.07) is 11.6. The highest BCUT2D eigenvalue weighted by Crippen LogP contribution is 2.25.